The third-order valence-corrected chi connectivity index (χ3v) is 6.47. The van der Waals surface area contributed by atoms with Crippen molar-refractivity contribution in [3.05, 3.63) is 82.1 Å². The highest BCUT2D eigenvalue weighted by Crippen LogP contribution is 2.47. The van der Waals surface area contributed by atoms with E-state index in [4.69, 9.17) is 14.5 Å². The van der Waals surface area contributed by atoms with Crippen LogP contribution in [0.15, 0.2) is 65.4 Å². The van der Waals surface area contributed by atoms with Gasteiger partial charge in [-0.15, -0.1) is 0 Å². The van der Waals surface area contributed by atoms with E-state index in [0.29, 0.717) is 13.2 Å². The maximum absolute atomic E-state index is 12.5. The van der Waals surface area contributed by atoms with Crippen LogP contribution >= 0.6 is 0 Å². The standard InChI is InChI=1S/C28H29NO4/c1-16-13-17-7-5-6-8-20(17)24(22(16)26(27(30)31)33-28(2,3)4)21-10-9-18-14-32-15-19-11-12-29-25(21)23(18)19/h5-7,9-13,20,26H,8,14-15H2,1-4H3,(H,30,31). The zero-order chi connectivity index (χ0) is 23.3. The first-order valence-electron chi connectivity index (χ1n) is 11.4. The van der Waals surface area contributed by atoms with Crippen molar-refractivity contribution in [3.63, 3.8) is 0 Å². The minimum absolute atomic E-state index is 0.0535. The van der Waals surface area contributed by atoms with Crippen molar-refractivity contribution < 1.29 is 19.4 Å². The fourth-order valence-electron chi connectivity index (χ4n) is 5.21. The van der Waals surface area contributed by atoms with Gasteiger partial charge in [0, 0.05) is 23.1 Å². The van der Waals surface area contributed by atoms with Gasteiger partial charge in [-0.25, -0.2) is 4.79 Å². The van der Waals surface area contributed by atoms with E-state index in [1.807, 2.05) is 40.0 Å². The first-order valence-corrected chi connectivity index (χ1v) is 11.4. The summed E-state index contributed by atoms with van der Waals surface area (Å²) in [6, 6.07) is 6.19. The topological polar surface area (TPSA) is 68.7 Å². The number of fused-ring (bicyclic) bond motifs is 1. The molecular weight excluding hydrogens is 414 g/mol. The molecule has 2 unspecified atom stereocenters. The van der Waals surface area contributed by atoms with Gasteiger partial charge in [-0.3, -0.25) is 4.98 Å². The molecule has 2 aliphatic carbocycles. The van der Waals surface area contributed by atoms with Crippen LogP contribution in [-0.2, 0) is 27.5 Å². The number of pyridine rings is 1. The molecule has 1 aromatic heterocycles. The SMILES string of the molecule is CC1=CC2=CC=CCC2C(c2ccc3c4c(ccnc24)COC3)=C1C(OC(C)(C)C)C(=O)O. The van der Waals surface area contributed by atoms with Gasteiger partial charge in [-0.2, -0.15) is 0 Å². The van der Waals surface area contributed by atoms with Gasteiger partial charge in [-0.1, -0.05) is 36.4 Å². The van der Waals surface area contributed by atoms with Crippen LogP contribution < -0.4 is 0 Å². The van der Waals surface area contributed by atoms with E-state index in [1.54, 1.807) is 0 Å². The molecule has 0 radical (unpaired) electrons. The van der Waals surface area contributed by atoms with Gasteiger partial charge in [0.15, 0.2) is 6.10 Å². The molecule has 1 aliphatic heterocycles. The molecule has 1 aromatic carbocycles. The molecule has 5 heteroatoms. The predicted octanol–water partition coefficient (Wildman–Crippen LogP) is 5.75. The summed E-state index contributed by atoms with van der Waals surface area (Å²) in [5.41, 5.74) is 7.37. The Morgan fingerprint density at radius 2 is 1.97 bits per heavy atom. The molecule has 33 heavy (non-hydrogen) atoms. The van der Waals surface area contributed by atoms with E-state index in [-0.39, 0.29) is 5.92 Å². The number of aliphatic carboxylic acids is 1. The van der Waals surface area contributed by atoms with Gasteiger partial charge in [0.25, 0.3) is 0 Å². The summed E-state index contributed by atoms with van der Waals surface area (Å²) in [4.78, 5) is 17.3. The Hall–Kier alpha value is -3.02. The molecule has 0 bridgehead atoms. The van der Waals surface area contributed by atoms with Crippen molar-refractivity contribution in [1.82, 2.24) is 4.98 Å². The Kier molecular flexibility index (Phi) is 5.34. The lowest BCUT2D eigenvalue weighted by atomic mass is 9.72. The molecular formula is C28H29NO4. The van der Waals surface area contributed by atoms with Crippen molar-refractivity contribution in [3.8, 4) is 0 Å². The minimum Gasteiger partial charge on any atom is -0.479 e. The fourth-order valence-corrected chi connectivity index (χ4v) is 5.21. The molecule has 0 fully saturated rings. The van der Waals surface area contributed by atoms with Crippen LogP contribution in [-0.4, -0.2) is 27.8 Å². The normalized spacial score (nSPS) is 20.9. The Bertz CT molecular complexity index is 1260. The van der Waals surface area contributed by atoms with Crippen LogP contribution in [0.4, 0.5) is 0 Å². The fraction of sp³-hybridized carbons (Fsp3) is 0.357. The average molecular weight is 444 g/mol. The van der Waals surface area contributed by atoms with Gasteiger partial charge in [0.1, 0.15) is 0 Å². The number of benzene rings is 1. The quantitative estimate of drug-likeness (QED) is 0.652. The molecule has 0 saturated carbocycles. The van der Waals surface area contributed by atoms with Gasteiger partial charge in [-0.05, 0) is 73.6 Å². The van der Waals surface area contributed by atoms with Crippen molar-refractivity contribution >= 4 is 22.4 Å². The maximum Gasteiger partial charge on any atom is 0.337 e. The first-order chi connectivity index (χ1) is 15.7. The predicted molar refractivity (Wildman–Crippen MR) is 129 cm³/mol. The van der Waals surface area contributed by atoms with Crippen LogP contribution in [0.1, 0.15) is 50.8 Å². The Morgan fingerprint density at radius 3 is 2.70 bits per heavy atom. The molecule has 2 heterocycles. The second-order valence-electron chi connectivity index (χ2n) is 9.95. The number of rotatable bonds is 4. The summed E-state index contributed by atoms with van der Waals surface area (Å²) in [5, 5.41) is 11.4. The van der Waals surface area contributed by atoms with Crippen LogP contribution in [0.25, 0.3) is 16.5 Å². The lowest BCUT2D eigenvalue weighted by molar-refractivity contribution is -0.155. The molecule has 5 rings (SSSR count). The Labute approximate surface area is 194 Å². The van der Waals surface area contributed by atoms with E-state index in [9.17, 15) is 9.90 Å². The van der Waals surface area contributed by atoms with Crippen molar-refractivity contribution in [2.24, 2.45) is 5.92 Å². The molecule has 5 nitrogen and oxygen atoms in total. The monoisotopic (exact) mass is 443 g/mol. The van der Waals surface area contributed by atoms with Gasteiger partial charge in [0.2, 0.25) is 0 Å². The largest absolute Gasteiger partial charge is 0.479 e. The highest BCUT2D eigenvalue weighted by atomic mass is 16.5. The highest BCUT2D eigenvalue weighted by Gasteiger charge is 2.38. The minimum atomic E-state index is -1.07. The van der Waals surface area contributed by atoms with E-state index in [0.717, 1.165) is 50.7 Å². The molecule has 1 N–H and O–H groups in total. The van der Waals surface area contributed by atoms with E-state index >= 15 is 0 Å². The summed E-state index contributed by atoms with van der Waals surface area (Å²) < 4.78 is 11.9. The van der Waals surface area contributed by atoms with Crippen molar-refractivity contribution in [2.75, 3.05) is 0 Å². The number of ether oxygens (including phenoxy) is 2. The Morgan fingerprint density at radius 1 is 1.21 bits per heavy atom. The maximum atomic E-state index is 12.5. The number of carboxylic acid groups (broad SMARTS) is 1. The van der Waals surface area contributed by atoms with E-state index in [1.165, 1.54) is 5.57 Å². The number of carbonyl (C=O) groups is 1. The van der Waals surface area contributed by atoms with Crippen LogP contribution in [0, 0.1) is 5.92 Å². The molecule has 170 valence electrons. The summed E-state index contributed by atoms with van der Waals surface area (Å²) in [5.74, 6) is -0.925. The molecule has 0 spiro atoms. The number of hydrogen-bond donors (Lipinski definition) is 1. The number of allylic oxidation sites excluding steroid dienone is 6. The molecule has 0 amide bonds. The number of hydrogen-bond acceptors (Lipinski definition) is 4. The second kappa shape index (κ2) is 8.08. The molecule has 3 aliphatic rings. The Balaban J connectivity index is 1.82. The third-order valence-electron chi connectivity index (χ3n) is 6.47. The third kappa shape index (κ3) is 3.85. The van der Waals surface area contributed by atoms with Crippen LogP contribution in [0.2, 0.25) is 0 Å². The molecule has 2 aromatic rings. The lowest BCUT2D eigenvalue weighted by Gasteiger charge is -2.36. The summed E-state index contributed by atoms with van der Waals surface area (Å²) in [7, 11) is 0. The van der Waals surface area contributed by atoms with Crippen LogP contribution in [0.5, 0.6) is 0 Å². The molecule has 2 atom stereocenters. The van der Waals surface area contributed by atoms with Crippen molar-refractivity contribution in [1.29, 1.82) is 0 Å². The van der Waals surface area contributed by atoms with E-state index < -0.39 is 17.7 Å². The van der Waals surface area contributed by atoms with Crippen LogP contribution in [0.3, 0.4) is 0 Å². The average Bonchev–Trinajstić information content (AvgIpc) is 2.77. The summed E-state index contributed by atoms with van der Waals surface area (Å²) >= 11 is 0. The smallest absolute Gasteiger partial charge is 0.337 e. The van der Waals surface area contributed by atoms with Crippen molar-refractivity contribution in [2.45, 2.75) is 59.0 Å². The number of nitrogens with zero attached hydrogens (tertiary/aromatic N) is 1. The summed E-state index contributed by atoms with van der Waals surface area (Å²) in [6.07, 6.45) is 10.0. The summed E-state index contributed by atoms with van der Waals surface area (Å²) in [6.45, 7) is 8.78. The molecule has 0 saturated heterocycles. The van der Waals surface area contributed by atoms with E-state index in [2.05, 4.69) is 36.4 Å². The second-order valence-corrected chi connectivity index (χ2v) is 9.95. The van der Waals surface area contributed by atoms with Gasteiger partial charge < -0.3 is 14.6 Å². The zero-order valence-electron chi connectivity index (χ0n) is 19.5. The number of aromatic nitrogens is 1. The lowest BCUT2D eigenvalue weighted by Crippen LogP contribution is -2.37. The first kappa shape index (κ1) is 21.8. The zero-order valence-corrected chi connectivity index (χ0v) is 19.5. The highest BCUT2D eigenvalue weighted by molar-refractivity contribution is 5.99. The number of carboxylic acids is 1. The van der Waals surface area contributed by atoms with Gasteiger partial charge >= 0.3 is 5.97 Å². The van der Waals surface area contributed by atoms with Gasteiger partial charge in [0.05, 0.1) is 24.3 Å².